The van der Waals surface area contributed by atoms with Gasteiger partial charge in [-0.05, 0) is 13.0 Å². The van der Waals surface area contributed by atoms with E-state index < -0.39 is 5.97 Å². The van der Waals surface area contributed by atoms with Gasteiger partial charge in [-0.3, -0.25) is 0 Å². The van der Waals surface area contributed by atoms with Crippen LogP contribution in [0, 0.1) is 19.3 Å². The second-order valence-corrected chi connectivity index (χ2v) is 3.38. The van der Waals surface area contributed by atoms with Crippen LogP contribution in [-0.4, -0.2) is 34.6 Å². The molecule has 0 aromatic carbocycles. The number of carboxylic acid groups (broad SMARTS) is 1. The summed E-state index contributed by atoms with van der Waals surface area (Å²) in [5.74, 6) is 1.83. The second-order valence-electron chi connectivity index (χ2n) is 3.38. The summed E-state index contributed by atoms with van der Waals surface area (Å²) in [5.41, 5.74) is 0.616. The zero-order valence-electron chi connectivity index (χ0n) is 9.27. The molecule has 1 aromatic heterocycles. The maximum Gasteiger partial charge on any atom is 0.354 e. The third-order valence-corrected chi connectivity index (χ3v) is 1.99. The number of hydrogen-bond acceptors (Lipinski definition) is 4. The Balaban J connectivity index is 2.96. The summed E-state index contributed by atoms with van der Waals surface area (Å²) in [4.78, 5) is 20.6. The smallest absolute Gasteiger partial charge is 0.354 e. The summed E-state index contributed by atoms with van der Waals surface area (Å²) in [5, 5.41) is 8.85. The molecule has 1 heterocycles. The van der Waals surface area contributed by atoms with Crippen LogP contribution in [0.25, 0.3) is 0 Å². The first-order chi connectivity index (χ1) is 7.54. The Hall–Kier alpha value is -2.09. The lowest BCUT2D eigenvalue weighted by Gasteiger charge is -2.16. The van der Waals surface area contributed by atoms with E-state index in [2.05, 4.69) is 15.9 Å². The fourth-order valence-electron chi connectivity index (χ4n) is 1.17. The lowest BCUT2D eigenvalue weighted by molar-refractivity contribution is 0.0690. The molecule has 0 bridgehead atoms. The van der Waals surface area contributed by atoms with Crippen molar-refractivity contribution in [3.05, 3.63) is 17.5 Å². The highest BCUT2D eigenvalue weighted by Gasteiger charge is 2.11. The van der Waals surface area contributed by atoms with E-state index in [4.69, 9.17) is 11.5 Å². The van der Waals surface area contributed by atoms with Gasteiger partial charge in [-0.25, -0.2) is 14.8 Å². The van der Waals surface area contributed by atoms with Crippen LogP contribution in [0.1, 0.15) is 22.6 Å². The molecule has 0 saturated heterocycles. The van der Waals surface area contributed by atoms with E-state index in [1.807, 2.05) is 0 Å². The van der Waals surface area contributed by atoms with Gasteiger partial charge in [-0.15, -0.1) is 12.3 Å². The molecule has 0 saturated carbocycles. The van der Waals surface area contributed by atoms with Gasteiger partial charge in [0.25, 0.3) is 0 Å². The van der Waals surface area contributed by atoms with Crippen molar-refractivity contribution in [2.75, 3.05) is 18.5 Å². The number of hydrogen-bond donors (Lipinski definition) is 1. The van der Waals surface area contributed by atoms with Gasteiger partial charge < -0.3 is 10.0 Å². The number of carboxylic acids is 1. The van der Waals surface area contributed by atoms with E-state index in [1.54, 1.807) is 18.9 Å². The quantitative estimate of drug-likeness (QED) is 0.763. The summed E-state index contributed by atoms with van der Waals surface area (Å²) in [6, 6.07) is 1.43. The van der Waals surface area contributed by atoms with Gasteiger partial charge in [0.15, 0.2) is 5.69 Å². The number of aromatic carboxylic acids is 1. The zero-order chi connectivity index (χ0) is 12.1. The van der Waals surface area contributed by atoms with Crippen molar-refractivity contribution in [2.24, 2.45) is 0 Å². The van der Waals surface area contributed by atoms with E-state index in [0.717, 1.165) is 0 Å². The minimum atomic E-state index is -1.06. The summed E-state index contributed by atoms with van der Waals surface area (Å²) in [7, 11) is 1.78. The van der Waals surface area contributed by atoms with Crippen LogP contribution in [0.4, 0.5) is 5.95 Å². The highest BCUT2D eigenvalue weighted by atomic mass is 16.4. The maximum absolute atomic E-state index is 10.8. The van der Waals surface area contributed by atoms with Crippen LogP contribution >= 0.6 is 0 Å². The van der Waals surface area contributed by atoms with Crippen LogP contribution in [0.15, 0.2) is 6.07 Å². The first-order valence-corrected chi connectivity index (χ1v) is 4.78. The molecule has 0 spiro atoms. The van der Waals surface area contributed by atoms with Crippen LogP contribution in [-0.2, 0) is 0 Å². The number of nitrogens with zero attached hydrogens (tertiary/aromatic N) is 3. The topological polar surface area (TPSA) is 66.3 Å². The number of aryl methyl sites for hydroxylation is 1. The summed E-state index contributed by atoms with van der Waals surface area (Å²) >= 11 is 0. The van der Waals surface area contributed by atoms with E-state index in [-0.39, 0.29) is 5.69 Å². The van der Waals surface area contributed by atoms with Gasteiger partial charge in [-0.2, -0.15) is 0 Å². The van der Waals surface area contributed by atoms with E-state index in [9.17, 15) is 4.79 Å². The molecule has 1 rings (SSSR count). The zero-order valence-corrected chi connectivity index (χ0v) is 9.27. The number of anilines is 1. The molecular formula is C11H13N3O2. The van der Waals surface area contributed by atoms with Crippen LogP contribution in [0.3, 0.4) is 0 Å². The fourth-order valence-corrected chi connectivity index (χ4v) is 1.17. The van der Waals surface area contributed by atoms with Gasteiger partial charge in [0.1, 0.15) is 0 Å². The Morgan fingerprint density at radius 1 is 1.62 bits per heavy atom. The van der Waals surface area contributed by atoms with Gasteiger partial charge in [0.05, 0.1) is 0 Å². The van der Waals surface area contributed by atoms with Crippen molar-refractivity contribution in [1.29, 1.82) is 0 Å². The average Bonchev–Trinajstić information content (AvgIpc) is 2.24. The number of aromatic nitrogens is 2. The largest absolute Gasteiger partial charge is 0.477 e. The molecule has 0 radical (unpaired) electrons. The predicted octanol–water partition coefficient (Wildman–Crippen LogP) is 0.943. The van der Waals surface area contributed by atoms with Crippen molar-refractivity contribution < 1.29 is 9.90 Å². The Kier molecular flexibility index (Phi) is 3.84. The highest BCUT2D eigenvalue weighted by Crippen LogP contribution is 2.09. The maximum atomic E-state index is 10.8. The molecule has 0 unspecified atom stereocenters. The first-order valence-electron chi connectivity index (χ1n) is 4.78. The highest BCUT2D eigenvalue weighted by molar-refractivity contribution is 5.85. The van der Waals surface area contributed by atoms with Crippen LogP contribution in [0.2, 0.25) is 0 Å². The molecule has 5 heteroatoms. The molecule has 0 fully saturated rings. The lowest BCUT2D eigenvalue weighted by atomic mass is 10.3. The minimum absolute atomic E-state index is 0.00458. The molecule has 0 aliphatic carbocycles. The van der Waals surface area contributed by atoms with Crippen LogP contribution in [0.5, 0.6) is 0 Å². The molecule has 0 atom stereocenters. The number of rotatable bonds is 4. The predicted molar refractivity (Wildman–Crippen MR) is 60.4 cm³/mol. The van der Waals surface area contributed by atoms with Crippen molar-refractivity contribution >= 4 is 11.9 Å². The van der Waals surface area contributed by atoms with Crippen LogP contribution < -0.4 is 4.90 Å². The Morgan fingerprint density at radius 2 is 2.31 bits per heavy atom. The summed E-state index contributed by atoms with van der Waals surface area (Å²) in [6.45, 7) is 2.33. The van der Waals surface area contributed by atoms with Gasteiger partial charge in [0, 0.05) is 25.7 Å². The van der Waals surface area contributed by atoms with Crippen molar-refractivity contribution in [3.8, 4) is 12.3 Å². The SMILES string of the molecule is C#CCCN(C)c1nc(C)cc(C(=O)O)n1. The Labute approximate surface area is 94.1 Å². The summed E-state index contributed by atoms with van der Waals surface area (Å²) in [6.07, 6.45) is 5.72. The van der Waals surface area contributed by atoms with Crippen molar-refractivity contribution in [3.63, 3.8) is 0 Å². The van der Waals surface area contributed by atoms with E-state index in [1.165, 1.54) is 6.07 Å². The molecule has 1 aromatic rings. The van der Waals surface area contributed by atoms with E-state index >= 15 is 0 Å². The summed E-state index contributed by atoms with van der Waals surface area (Å²) < 4.78 is 0. The average molecular weight is 219 g/mol. The lowest BCUT2D eigenvalue weighted by Crippen LogP contribution is -2.22. The standard InChI is InChI=1S/C11H13N3O2/c1-4-5-6-14(3)11-12-8(2)7-9(13-11)10(15)16/h1,7H,5-6H2,2-3H3,(H,15,16). The van der Waals surface area contributed by atoms with E-state index in [0.29, 0.717) is 24.6 Å². The third-order valence-electron chi connectivity index (χ3n) is 1.99. The molecule has 84 valence electrons. The van der Waals surface area contributed by atoms with Gasteiger partial charge >= 0.3 is 5.97 Å². The minimum Gasteiger partial charge on any atom is -0.477 e. The molecule has 16 heavy (non-hydrogen) atoms. The monoisotopic (exact) mass is 219 g/mol. The third kappa shape index (κ3) is 2.95. The Bertz CT molecular complexity index is 437. The number of carbonyl (C=O) groups is 1. The molecule has 0 amide bonds. The number of terminal acetylenes is 1. The molecule has 1 N–H and O–H groups in total. The Morgan fingerprint density at radius 3 is 2.88 bits per heavy atom. The molecule has 5 nitrogen and oxygen atoms in total. The normalized spacial score (nSPS) is 9.56. The van der Waals surface area contributed by atoms with Gasteiger partial charge in [-0.1, -0.05) is 0 Å². The molecule has 0 aliphatic heterocycles. The fraction of sp³-hybridized carbons (Fsp3) is 0.364. The van der Waals surface area contributed by atoms with Crippen molar-refractivity contribution in [2.45, 2.75) is 13.3 Å². The molecule has 0 aliphatic rings. The van der Waals surface area contributed by atoms with Crippen molar-refractivity contribution in [1.82, 2.24) is 9.97 Å². The first kappa shape index (κ1) is 12.0. The molecular weight excluding hydrogens is 206 g/mol. The second kappa shape index (κ2) is 5.12. The van der Waals surface area contributed by atoms with Gasteiger partial charge in [0.2, 0.25) is 5.95 Å².